The number of nitrogens with zero attached hydrogens (tertiary/aromatic N) is 2. The molecule has 1 heterocycles. The molecule has 0 aliphatic rings. The third-order valence-corrected chi connectivity index (χ3v) is 4.75. The van der Waals surface area contributed by atoms with Crippen LogP contribution in [0.15, 0.2) is 30.5 Å². The average molecular weight is 334 g/mol. The summed E-state index contributed by atoms with van der Waals surface area (Å²) in [6.45, 7) is 2.97. The minimum atomic E-state index is -1.29. The highest BCUT2D eigenvalue weighted by Crippen LogP contribution is 2.28. The quantitative estimate of drug-likeness (QED) is 0.909. The number of benzene rings is 1. The summed E-state index contributed by atoms with van der Waals surface area (Å²) in [7, 11) is 3.07. The summed E-state index contributed by atoms with van der Waals surface area (Å²) < 4.78 is 5.11. The first-order valence-electron chi connectivity index (χ1n) is 6.89. The number of likely N-dealkylation sites (N-methyl/N-ethyl adjacent to an activating group) is 1. The molecule has 0 atom stereocenters. The lowest BCUT2D eigenvalue weighted by Crippen LogP contribution is -2.50. The van der Waals surface area contributed by atoms with Gasteiger partial charge in [0, 0.05) is 12.6 Å². The van der Waals surface area contributed by atoms with Gasteiger partial charge >= 0.3 is 5.97 Å². The van der Waals surface area contributed by atoms with Crippen molar-refractivity contribution in [1.82, 2.24) is 9.88 Å². The fourth-order valence-corrected chi connectivity index (χ4v) is 2.70. The highest BCUT2D eigenvalue weighted by molar-refractivity contribution is 7.16. The minimum Gasteiger partial charge on any atom is -0.497 e. The van der Waals surface area contributed by atoms with E-state index < -0.39 is 11.5 Å². The maximum Gasteiger partial charge on any atom is 0.329 e. The van der Waals surface area contributed by atoms with Gasteiger partial charge in [0.05, 0.1) is 13.3 Å². The van der Waals surface area contributed by atoms with Crippen molar-refractivity contribution in [3.63, 3.8) is 0 Å². The van der Waals surface area contributed by atoms with E-state index in [2.05, 4.69) is 4.98 Å². The first kappa shape index (κ1) is 17.0. The van der Waals surface area contributed by atoms with Crippen LogP contribution in [0, 0.1) is 0 Å². The van der Waals surface area contributed by atoms with Crippen LogP contribution in [-0.4, -0.2) is 46.6 Å². The van der Waals surface area contributed by atoms with Crippen LogP contribution in [0.1, 0.15) is 23.5 Å². The molecule has 1 amide bonds. The van der Waals surface area contributed by atoms with Crippen LogP contribution < -0.4 is 4.74 Å². The van der Waals surface area contributed by atoms with E-state index >= 15 is 0 Å². The summed E-state index contributed by atoms with van der Waals surface area (Å²) >= 11 is 1.23. The SMILES string of the molecule is COc1ccc(-c2ncc(C(=O)N(C)C(C)(C)C(=O)O)s2)cc1. The fraction of sp³-hybridized carbons (Fsp3) is 0.312. The minimum absolute atomic E-state index is 0.366. The molecule has 0 unspecified atom stereocenters. The molecule has 7 heteroatoms. The third-order valence-electron chi connectivity index (χ3n) is 3.72. The number of amides is 1. The zero-order valence-corrected chi connectivity index (χ0v) is 14.2. The Kier molecular flexibility index (Phi) is 4.70. The molecule has 23 heavy (non-hydrogen) atoms. The summed E-state index contributed by atoms with van der Waals surface area (Å²) in [5, 5.41) is 9.91. The average Bonchev–Trinajstić information content (AvgIpc) is 3.03. The summed E-state index contributed by atoms with van der Waals surface area (Å²) in [6, 6.07) is 7.35. The van der Waals surface area contributed by atoms with Crippen molar-refractivity contribution in [1.29, 1.82) is 0 Å². The zero-order chi connectivity index (χ0) is 17.2. The van der Waals surface area contributed by atoms with Crippen LogP contribution in [0.2, 0.25) is 0 Å². The van der Waals surface area contributed by atoms with Gasteiger partial charge in [-0.3, -0.25) is 4.79 Å². The van der Waals surface area contributed by atoms with Crippen molar-refractivity contribution in [3.05, 3.63) is 35.3 Å². The van der Waals surface area contributed by atoms with E-state index in [1.165, 1.54) is 43.3 Å². The van der Waals surface area contributed by atoms with Crippen LogP contribution in [0.5, 0.6) is 5.75 Å². The highest BCUT2D eigenvalue weighted by Gasteiger charge is 2.36. The van der Waals surface area contributed by atoms with Gasteiger partial charge in [0.15, 0.2) is 0 Å². The normalized spacial score (nSPS) is 11.1. The second-order valence-electron chi connectivity index (χ2n) is 5.49. The van der Waals surface area contributed by atoms with E-state index in [0.717, 1.165) is 11.3 Å². The van der Waals surface area contributed by atoms with Crippen molar-refractivity contribution < 1.29 is 19.4 Å². The van der Waals surface area contributed by atoms with Crippen molar-refractivity contribution in [2.24, 2.45) is 0 Å². The summed E-state index contributed by atoms with van der Waals surface area (Å²) in [6.07, 6.45) is 1.47. The number of carboxylic acids is 1. The smallest absolute Gasteiger partial charge is 0.329 e. The number of rotatable bonds is 5. The van der Waals surface area contributed by atoms with Crippen LogP contribution in [0.25, 0.3) is 10.6 Å². The molecule has 0 saturated carbocycles. The Bertz CT molecular complexity index is 722. The molecule has 1 aromatic heterocycles. The molecule has 1 aromatic carbocycles. The predicted octanol–water partition coefficient (Wildman–Crippen LogP) is 2.75. The van der Waals surface area contributed by atoms with Crippen molar-refractivity contribution >= 4 is 23.2 Å². The first-order valence-corrected chi connectivity index (χ1v) is 7.71. The number of carbonyl (C=O) groups excluding carboxylic acids is 1. The molecular weight excluding hydrogens is 316 g/mol. The number of ether oxygens (including phenoxy) is 1. The number of aromatic nitrogens is 1. The van der Waals surface area contributed by atoms with Crippen LogP contribution in [0.3, 0.4) is 0 Å². The first-order chi connectivity index (χ1) is 10.8. The lowest BCUT2D eigenvalue weighted by molar-refractivity contribution is -0.147. The number of carbonyl (C=O) groups is 2. The Morgan fingerprint density at radius 3 is 2.39 bits per heavy atom. The topological polar surface area (TPSA) is 79.7 Å². The van der Waals surface area contributed by atoms with Crippen LogP contribution in [0.4, 0.5) is 0 Å². The summed E-state index contributed by atoms with van der Waals surface area (Å²) in [4.78, 5) is 29.6. The Morgan fingerprint density at radius 2 is 1.87 bits per heavy atom. The number of methoxy groups -OCH3 is 1. The fourth-order valence-electron chi connectivity index (χ4n) is 1.80. The number of carboxylic acid groups (broad SMARTS) is 1. The second kappa shape index (κ2) is 6.37. The lowest BCUT2D eigenvalue weighted by Gasteiger charge is -2.30. The molecular formula is C16H18N2O4S. The van der Waals surface area contributed by atoms with Crippen molar-refractivity contribution in [2.45, 2.75) is 19.4 Å². The van der Waals surface area contributed by atoms with Crippen molar-refractivity contribution in [3.8, 4) is 16.3 Å². The molecule has 6 nitrogen and oxygen atoms in total. The molecule has 0 saturated heterocycles. The van der Waals surface area contributed by atoms with Gasteiger partial charge in [-0.25, -0.2) is 9.78 Å². The maximum atomic E-state index is 12.5. The molecule has 2 rings (SSSR count). The molecule has 0 radical (unpaired) electrons. The van der Waals surface area contributed by atoms with Gasteiger partial charge in [-0.15, -0.1) is 11.3 Å². The predicted molar refractivity (Wildman–Crippen MR) is 87.9 cm³/mol. The van der Waals surface area contributed by atoms with E-state index in [1.807, 2.05) is 24.3 Å². The largest absolute Gasteiger partial charge is 0.497 e. The van der Waals surface area contributed by atoms with Gasteiger partial charge in [0.25, 0.3) is 5.91 Å². The Labute approximate surface area is 138 Å². The highest BCUT2D eigenvalue weighted by atomic mass is 32.1. The lowest BCUT2D eigenvalue weighted by atomic mass is 10.0. The van der Waals surface area contributed by atoms with Gasteiger partial charge in [-0.2, -0.15) is 0 Å². The van der Waals surface area contributed by atoms with E-state index in [-0.39, 0.29) is 5.91 Å². The Balaban J connectivity index is 2.24. The molecule has 122 valence electrons. The summed E-state index contributed by atoms with van der Waals surface area (Å²) in [5.74, 6) is -0.688. The van der Waals surface area contributed by atoms with E-state index in [1.54, 1.807) is 7.11 Å². The van der Waals surface area contributed by atoms with E-state index in [9.17, 15) is 14.7 Å². The monoisotopic (exact) mass is 334 g/mol. The van der Waals surface area contributed by atoms with Crippen molar-refractivity contribution in [2.75, 3.05) is 14.2 Å². The van der Waals surface area contributed by atoms with Gasteiger partial charge in [-0.05, 0) is 38.1 Å². The van der Waals surface area contributed by atoms with Crippen LogP contribution >= 0.6 is 11.3 Å². The number of hydrogen-bond donors (Lipinski definition) is 1. The molecule has 1 N–H and O–H groups in total. The molecule has 0 spiro atoms. The summed E-state index contributed by atoms with van der Waals surface area (Å²) in [5.41, 5.74) is -0.420. The van der Waals surface area contributed by atoms with E-state index in [4.69, 9.17) is 4.74 Å². The second-order valence-corrected chi connectivity index (χ2v) is 6.52. The van der Waals surface area contributed by atoms with Gasteiger partial charge < -0.3 is 14.7 Å². The number of hydrogen-bond acceptors (Lipinski definition) is 5. The number of aliphatic carboxylic acids is 1. The standard InChI is InChI=1S/C16H18N2O4S/c1-16(2,15(20)21)18(3)14(19)12-9-17-13(23-12)10-5-7-11(22-4)8-6-10/h5-9H,1-4H3,(H,20,21). The van der Waals surface area contributed by atoms with Crippen LogP contribution in [-0.2, 0) is 4.79 Å². The Morgan fingerprint density at radius 1 is 1.26 bits per heavy atom. The van der Waals surface area contributed by atoms with Gasteiger partial charge in [0.1, 0.15) is 21.2 Å². The van der Waals surface area contributed by atoms with E-state index in [0.29, 0.717) is 9.88 Å². The molecule has 0 fully saturated rings. The zero-order valence-electron chi connectivity index (χ0n) is 13.4. The molecule has 2 aromatic rings. The molecule has 0 bridgehead atoms. The molecule has 0 aliphatic carbocycles. The molecule has 0 aliphatic heterocycles. The van der Waals surface area contributed by atoms with Gasteiger partial charge in [-0.1, -0.05) is 0 Å². The maximum absolute atomic E-state index is 12.5. The Hall–Kier alpha value is -2.41. The van der Waals surface area contributed by atoms with Gasteiger partial charge in [0.2, 0.25) is 0 Å². The number of thiazole rings is 1. The third kappa shape index (κ3) is 3.34.